The monoisotopic (exact) mass is 471 g/mol. The number of aromatic nitrogens is 4. The molecule has 0 saturated carbocycles. The van der Waals surface area contributed by atoms with Crippen molar-refractivity contribution in [2.75, 3.05) is 5.32 Å². The lowest BCUT2D eigenvalue weighted by Gasteiger charge is -2.22. The summed E-state index contributed by atoms with van der Waals surface area (Å²) in [5, 5.41) is 5.97. The fourth-order valence-electron chi connectivity index (χ4n) is 3.27. The number of aromatic amines is 1. The molecule has 33 heavy (non-hydrogen) atoms. The van der Waals surface area contributed by atoms with Crippen LogP contribution in [-0.4, -0.2) is 25.9 Å². The van der Waals surface area contributed by atoms with Crippen LogP contribution in [0.15, 0.2) is 59.8 Å². The third kappa shape index (κ3) is 4.25. The molecule has 0 amide bonds. The van der Waals surface area contributed by atoms with Crippen molar-refractivity contribution in [2.45, 2.75) is 18.4 Å². The van der Waals surface area contributed by atoms with Crippen LogP contribution >= 0.6 is 0 Å². The van der Waals surface area contributed by atoms with Crippen LogP contribution in [-0.2, 0) is 6.18 Å². The van der Waals surface area contributed by atoms with Crippen molar-refractivity contribution < 1.29 is 30.7 Å². The number of hydrogen-bond donors (Lipinski definition) is 2. The van der Waals surface area contributed by atoms with Crippen molar-refractivity contribution in [3.8, 4) is 5.69 Å². The van der Waals surface area contributed by atoms with E-state index in [-0.39, 0.29) is 16.5 Å². The van der Waals surface area contributed by atoms with E-state index in [0.717, 1.165) is 6.07 Å². The van der Waals surface area contributed by atoms with Crippen LogP contribution in [0.5, 0.6) is 0 Å². The van der Waals surface area contributed by atoms with E-state index in [9.17, 15) is 31.1 Å². The van der Waals surface area contributed by atoms with E-state index < -0.39 is 46.8 Å². The van der Waals surface area contributed by atoms with Gasteiger partial charge in [0.15, 0.2) is 6.04 Å². The molecule has 3 heterocycles. The van der Waals surface area contributed by atoms with Crippen LogP contribution in [0.25, 0.3) is 16.5 Å². The maximum Gasteiger partial charge on any atom is 0.433 e. The molecular formula is C20H12F7N5O. The van der Waals surface area contributed by atoms with Crippen LogP contribution in [0.4, 0.5) is 36.4 Å². The van der Waals surface area contributed by atoms with Gasteiger partial charge in [-0.3, -0.25) is 9.78 Å². The van der Waals surface area contributed by atoms with Gasteiger partial charge in [0.1, 0.15) is 5.69 Å². The first-order valence-corrected chi connectivity index (χ1v) is 9.17. The molecule has 4 rings (SSSR count). The largest absolute Gasteiger partial charge is 0.433 e. The molecule has 3 aromatic heterocycles. The van der Waals surface area contributed by atoms with E-state index in [4.69, 9.17) is 0 Å². The highest BCUT2D eigenvalue weighted by atomic mass is 19.4. The first kappa shape index (κ1) is 22.3. The van der Waals surface area contributed by atoms with Gasteiger partial charge in [-0.25, -0.2) is 4.68 Å². The molecule has 1 aromatic carbocycles. The van der Waals surface area contributed by atoms with Crippen LogP contribution in [0.3, 0.4) is 0 Å². The molecule has 1 unspecified atom stereocenters. The maximum absolute atomic E-state index is 15.2. The Morgan fingerprint density at radius 3 is 2.48 bits per heavy atom. The Morgan fingerprint density at radius 2 is 1.79 bits per heavy atom. The molecule has 172 valence electrons. The Kier molecular flexibility index (Phi) is 5.34. The molecule has 2 N–H and O–H groups in total. The van der Waals surface area contributed by atoms with Crippen LogP contribution < -0.4 is 10.9 Å². The van der Waals surface area contributed by atoms with E-state index in [1.54, 1.807) is 0 Å². The van der Waals surface area contributed by atoms with Crippen molar-refractivity contribution in [1.29, 1.82) is 0 Å². The van der Waals surface area contributed by atoms with Crippen molar-refractivity contribution in [3.63, 3.8) is 0 Å². The molecule has 0 saturated heterocycles. The van der Waals surface area contributed by atoms with Gasteiger partial charge in [0.2, 0.25) is 5.95 Å². The predicted octanol–water partition coefficient (Wildman–Crippen LogP) is 4.98. The fourth-order valence-corrected chi connectivity index (χ4v) is 3.27. The van der Waals surface area contributed by atoms with Gasteiger partial charge < -0.3 is 10.3 Å². The smallest absolute Gasteiger partial charge is 0.370 e. The first-order valence-electron chi connectivity index (χ1n) is 9.17. The van der Waals surface area contributed by atoms with Gasteiger partial charge in [0, 0.05) is 28.9 Å². The number of benzene rings is 1. The Bertz CT molecular complexity index is 1370. The normalized spacial score (nSPS) is 13.3. The lowest BCUT2D eigenvalue weighted by Crippen LogP contribution is -2.28. The lowest BCUT2D eigenvalue weighted by atomic mass is 10.1. The fraction of sp³-hybridized carbons (Fsp3) is 0.150. The molecule has 0 bridgehead atoms. The number of halogens is 7. The van der Waals surface area contributed by atoms with Crippen LogP contribution in [0.1, 0.15) is 17.3 Å². The Morgan fingerprint density at radius 1 is 1.03 bits per heavy atom. The predicted molar refractivity (Wildman–Crippen MR) is 103 cm³/mol. The third-order valence-corrected chi connectivity index (χ3v) is 4.76. The van der Waals surface area contributed by atoms with E-state index in [2.05, 4.69) is 15.1 Å². The zero-order valence-electron chi connectivity index (χ0n) is 16.2. The Balaban J connectivity index is 1.78. The number of nitrogens with one attached hydrogen (secondary N) is 2. The summed E-state index contributed by atoms with van der Waals surface area (Å²) in [7, 11) is 0. The minimum Gasteiger partial charge on any atom is -0.370 e. The second kappa shape index (κ2) is 7.90. The molecule has 0 aliphatic carbocycles. The number of hydrogen-bond acceptors (Lipinski definition) is 4. The van der Waals surface area contributed by atoms with E-state index in [0.29, 0.717) is 23.1 Å². The number of alkyl halides is 6. The molecule has 4 aromatic rings. The summed E-state index contributed by atoms with van der Waals surface area (Å²) < 4.78 is 95.7. The van der Waals surface area contributed by atoms with Gasteiger partial charge in [-0.05, 0) is 30.3 Å². The summed E-state index contributed by atoms with van der Waals surface area (Å²) in [5.41, 5.74) is -3.41. The van der Waals surface area contributed by atoms with Crippen molar-refractivity contribution in [1.82, 2.24) is 19.7 Å². The number of pyridine rings is 2. The molecule has 0 aliphatic heterocycles. The first-order chi connectivity index (χ1) is 15.5. The Labute approximate surface area is 179 Å². The van der Waals surface area contributed by atoms with Gasteiger partial charge in [0.25, 0.3) is 5.56 Å². The summed E-state index contributed by atoms with van der Waals surface area (Å²) in [4.78, 5) is 17.5. The molecule has 6 nitrogen and oxygen atoms in total. The van der Waals surface area contributed by atoms with E-state index in [1.807, 2.05) is 5.32 Å². The van der Waals surface area contributed by atoms with Crippen LogP contribution in [0, 0.1) is 5.95 Å². The molecular weight excluding hydrogens is 459 g/mol. The summed E-state index contributed by atoms with van der Waals surface area (Å²) in [6.07, 6.45) is -7.37. The topological polar surface area (TPSA) is 75.6 Å². The number of nitrogens with zero attached hydrogens (tertiary/aromatic N) is 3. The van der Waals surface area contributed by atoms with Crippen molar-refractivity contribution in [3.05, 3.63) is 82.5 Å². The highest BCUT2D eigenvalue weighted by Gasteiger charge is 2.44. The van der Waals surface area contributed by atoms with Crippen molar-refractivity contribution in [2.24, 2.45) is 0 Å². The van der Waals surface area contributed by atoms with Crippen LogP contribution in [0.2, 0.25) is 0 Å². The highest BCUT2D eigenvalue weighted by molar-refractivity contribution is 5.89. The lowest BCUT2D eigenvalue weighted by molar-refractivity contribution is -0.144. The average Bonchev–Trinajstić information content (AvgIpc) is 3.11. The van der Waals surface area contributed by atoms with Gasteiger partial charge in [0.05, 0.1) is 17.4 Å². The number of rotatable bonds is 4. The zero-order valence-corrected chi connectivity index (χ0v) is 16.2. The Hall–Kier alpha value is -3.90. The molecule has 1 atom stereocenters. The van der Waals surface area contributed by atoms with Gasteiger partial charge in [-0.2, -0.15) is 35.8 Å². The number of fused-ring (bicyclic) bond motifs is 1. The summed E-state index contributed by atoms with van der Waals surface area (Å²) in [5.74, 6) is -1.40. The second-order valence-electron chi connectivity index (χ2n) is 6.89. The minimum absolute atomic E-state index is 0.00606. The number of H-pyrrole nitrogens is 1. The third-order valence-electron chi connectivity index (χ3n) is 4.76. The van der Waals surface area contributed by atoms with Crippen molar-refractivity contribution >= 4 is 16.5 Å². The average molecular weight is 471 g/mol. The van der Waals surface area contributed by atoms with Gasteiger partial charge >= 0.3 is 12.4 Å². The minimum atomic E-state index is -5.09. The quantitative estimate of drug-likeness (QED) is 0.412. The number of anilines is 1. The summed E-state index contributed by atoms with van der Waals surface area (Å²) >= 11 is 0. The summed E-state index contributed by atoms with van der Waals surface area (Å²) in [6.45, 7) is 0. The second-order valence-corrected chi connectivity index (χ2v) is 6.89. The zero-order chi connectivity index (χ0) is 24.0. The molecule has 0 fully saturated rings. The maximum atomic E-state index is 15.2. The highest BCUT2D eigenvalue weighted by Crippen LogP contribution is 2.38. The molecule has 13 heteroatoms. The van der Waals surface area contributed by atoms with E-state index in [1.165, 1.54) is 30.5 Å². The standard InChI is InChI=1S/C20H12F7N5O/c21-17-13(9-30-32(17)14-3-1-2-12-11(14)5-7-29-18(12)33)16(20(25,26)27)31-10-4-6-28-15(8-10)19(22,23)24/h1-9,16H,(H,28,31)(H,29,33). The van der Waals surface area contributed by atoms with Gasteiger partial charge in [-0.1, -0.05) is 6.07 Å². The van der Waals surface area contributed by atoms with Gasteiger partial charge in [-0.15, -0.1) is 0 Å². The van der Waals surface area contributed by atoms with E-state index >= 15 is 4.39 Å². The SMILES string of the molecule is O=c1[nH]ccc2c(-n3ncc(C(Nc4ccnc(C(F)(F)F)c4)C(F)(F)F)c3F)cccc12. The molecule has 0 aliphatic rings. The molecule has 0 spiro atoms. The molecule has 0 radical (unpaired) electrons. The summed E-state index contributed by atoms with van der Waals surface area (Å²) in [6, 6.07) is 4.21.